The van der Waals surface area contributed by atoms with Gasteiger partial charge in [-0.15, -0.1) is 0 Å². The normalized spacial score (nSPS) is 12.3. The van der Waals surface area contributed by atoms with E-state index in [1.54, 1.807) is 20.8 Å². The maximum atomic E-state index is 11.9. The van der Waals surface area contributed by atoms with E-state index in [9.17, 15) is 14.7 Å². The number of rotatable bonds is 5. The fraction of sp³-hybridized carbons (Fsp3) is 0.333. The second-order valence-corrected chi connectivity index (χ2v) is 7.31. The lowest BCUT2D eigenvalue weighted by Crippen LogP contribution is -2.44. The molecule has 0 aromatic heterocycles. The van der Waals surface area contributed by atoms with E-state index in [2.05, 4.69) is 5.32 Å². The minimum atomic E-state index is -1.10. The van der Waals surface area contributed by atoms with Crippen molar-refractivity contribution in [2.24, 2.45) is 0 Å². The lowest BCUT2D eigenvalue weighted by Gasteiger charge is -2.22. The van der Waals surface area contributed by atoms with E-state index in [4.69, 9.17) is 4.74 Å². The van der Waals surface area contributed by atoms with Crippen molar-refractivity contribution in [3.05, 3.63) is 59.7 Å². The standard InChI is InChI=1S/C21H25NO4/c1-14-8-10-16(11-9-14)17-7-5-6-15(12-17)13-18(19(23)24)22-20(25)26-21(2,3)4/h5-12,18H,13H2,1-4H3,(H,22,25)(H,23,24). The smallest absolute Gasteiger partial charge is 0.408 e. The molecule has 0 saturated carbocycles. The second kappa shape index (κ2) is 8.04. The summed E-state index contributed by atoms with van der Waals surface area (Å²) in [6.07, 6.45) is -0.562. The number of carbonyl (C=O) groups is 2. The van der Waals surface area contributed by atoms with E-state index in [0.29, 0.717) is 0 Å². The van der Waals surface area contributed by atoms with E-state index >= 15 is 0 Å². The van der Waals surface area contributed by atoms with E-state index < -0.39 is 23.7 Å². The van der Waals surface area contributed by atoms with Crippen molar-refractivity contribution >= 4 is 12.1 Å². The van der Waals surface area contributed by atoms with Crippen LogP contribution >= 0.6 is 0 Å². The number of aryl methyl sites for hydroxylation is 1. The first-order chi connectivity index (χ1) is 12.1. The van der Waals surface area contributed by atoms with Crippen molar-refractivity contribution in [3.63, 3.8) is 0 Å². The molecule has 2 N–H and O–H groups in total. The van der Waals surface area contributed by atoms with Gasteiger partial charge in [-0.25, -0.2) is 9.59 Å². The zero-order valence-corrected chi connectivity index (χ0v) is 15.6. The summed E-state index contributed by atoms with van der Waals surface area (Å²) in [5, 5.41) is 11.9. The van der Waals surface area contributed by atoms with Gasteiger partial charge < -0.3 is 15.2 Å². The zero-order valence-electron chi connectivity index (χ0n) is 15.6. The molecule has 0 aliphatic carbocycles. The largest absolute Gasteiger partial charge is 0.480 e. The molecule has 0 saturated heterocycles. The molecule has 1 amide bonds. The Balaban J connectivity index is 2.14. The molecule has 2 rings (SSSR count). The van der Waals surface area contributed by atoms with E-state index in [1.807, 2.05) is 55.5 Å². The second-order valence-electron chi connectivity index (χ2n) is 7.31. The fourth-order valence-electron chi connectivity index (χ4n) is 2.51. The minimum absolute atomic E-state index is 0.175. The number of ether oxygens (including phenoxy) is 1. The predicted octanol–water partition coefficient (Wildman–Crippen LogP) is 4.18. The van der Waals surface area contributed by atoms with Crippen LogP contribution < -0.4 is 5.32 Å². The van der Waals surface area contributed by atoms with Crippen LogP contribution in [0.2, 0.25) is 0 Å². The molecule has 5 heteroatoms. The molecule has 0 aliphatic heterocycles. The first-order valence-electron chi connectivity index (χ1n) is 8.52. The van der Waals surface area contributed by atoms with Gasteiger partial charge >= 0.3 is 12.1 Å². The molecule has 2 aromatic carbocycles. The van der Waals surface area contributed by atoms with Crippen LogP contribution in [0.4, 0.5) is 4.79 Å². The summed E-state index contributed by atoms with van der Waals surface area (Å²) >= 11 is 0. The van der Waals surface area contributed by atoms with Gasteiger partial charge in [0.2, 0.25) is 0 Å². The highest BCUT2D eigenvalue weighted by Crippen LogP contribution is 2.21. The van der Waals surface area contributed by atoms with E-state index in [0.717, 1.165) is 16.7 Å². The number of aliphatic carboxylic acids is 1. The maximum absolute atomic E-state index is 11.9. The molecular weight excluding hydrogens is 330 g/mol. The Morgan fingerprint density at radius 1 is 1.08 bits per heavy atom. The van der Waals surface area contributed by atoms with Crippen LogP contribution in [0.5, 0.6) is 0 Å². The van der Waals surface area contributed by atoms with Crippen LogP contribution in [0.25, 0.3) is 11.1 Å². The number of carbonyl (C=O) groups excluding carboxylic acids is 1. The molecule has 0 spiro atoms. The Morgan fingerprint density at radius 3 is 2.31 bits per heavy atom. The molecule has 0 bridgehead atoms. The Hall–Kier alpha value is -2.82. The van der Waals surface area contributed by atoms with Gasteiger partial charge in [-0.1, -0.05) is 54.1 Å². The number of amides is 1. The summed E-state index contributed by atoms with van der Waals surface area (Å²) < 4.78 is 5.15. The van der Waals surface area contributed by atoms with Crippen molar-refractivity contribution in [3.8, 4) is 11.1 Å². The summed E-state index contributed by atoms with van der Waals surface area (Å²) in [6, 6.07) is 14.7. The van der Waals surface area contributed by atoms with Gasteiger partial charge in [0, 0.05) is 6.42 Å². The highest BCUT2D eigenvalue weighted by atomic mass is 16.6. The molecule has 26 heavy (non-hydrogen) atoms. The van der Waals surface area contributed by atoms with Crippen LogP contribution in [-0.4, -0.2) is 28.8 Å². The van der Waals surface area contributed by atoms with Crippen molar-refractivity contribution in [1.82, 2.24) is 5.32 Å². The van der Waals surface area contributed by atoms with Crippen LogP contribution in [-0.2, 0) is 16.0 Å². The number of alkyl carbamates (subject to hydrolysis) is 1. The summed E-state index contributed by atoms with van der Waals surface area (Å²) in [4.78, 5) is 23.4. The monoisotopic (exact) mass is 355 g/mol. The Labute approximate surface area is 154 Å². The molecule has 0 heterocycles. The van der Waals surface area contributed by atoms with Crippen LogP contribution in [0, 0.1) is 6.92 Å². The van der Waals surface area contributed by atoms with Crippen molar-refractivity contribution in [1.29, 1.82) is 0 Å². The topological polar surface area (TPSA) is 75.6 Å². The number of hydrogen-bond acceptors (Lipinski definition) is 3. The summed E-state index contributed by atoms with van der Waals surface area (Å²) in [6.45, 7) is 7.22. The summed E-state index contributed by atoms with van der Waals surface area (Å²) in [5.74, 6) is -1.10. The van der Waals surface area contributed by atoms with Gasteiger partial charge in [-0.2, -0.15) is 0 Å². The molecule has 0 radical (unpaired) electrons. The van der Waals surface area contributed by atoms with Gasteiger partial charge in [0.1, 0.15) is 11.6 Å². The van der Waals surface area contributed by atoms with Gasteiger partial charge in [-0.05, 0) is 44.4 Å². The molecule has 138 valence electrons. The highest BCUT2D eigenvalue weighted by molar-refractivity contribution is 5.80. The average molecular weight is 355 g/mol. The van der Waals surface area contributed by atoms with E-state index in [-0.39, 0.29) is 6.42 Å². The third kappa shape index (κ3) is 5.92. The van der Waals surface area contributed by atoms with Gasteiger partial charge in [0.05, 0.1) is 0 Å². The highest BCUT2D eigenvalue weighted by Gasteiger charge is 2.24. The summed E-state index contributed by atoms with van der Waals surface area (Å²) in [5.41, 5.74) is 3.38. The maximum Gasteiger partial charge on any atom is 0.408 e. The number of nitrogens with one attached hydrogen (secondary N) is 1. The zero-order chi connectivity index (χ0) is 19.3. The molecule has 0 fully saturated rings. The summed E-state index contributed by atoms with van der Waals surface area (Å²) in [7, 11) is 0. The molecule has 1 atom stereocenters. The third-order valence-electron chi connectivity index (χ3n) is 3.74. The lowest BCUT2D eigenvalue weighted by atomic mass is 9.99. The van der Waals surface area contributed by atoms with E-state index in [1.165, 1.54) is 5.56 Å². The molecule has 2 aromatic rings. The minimum Gasteiger partial charge on any atom is -0.480 e. The molecule has 1 unspecified atom stereocenters. The van der Waals surface area contributed by atoms with Crippen molar-refractivity contribution < 1.29 is 19.4 Å². The van der Waals surface area contributed by atoms with Crippen LogP contribution in [0.1, 0.15) is 31.9 Å². The fourth-order valence-corrected chi connectivity index (χ4v) is 2.51. The average Bonchev–Trinajstić information content (AvgIpc) is 2.53. The number of carboxylic acid groups (broad SMARTS) is 1. The molecule has 5 nitrogen and oxygen atoms in total. The molecule has 0 aliphatic rings. The Morgan fingerprint density at radius 2 is 1.73 bits per heavy atom. The Bertz CT molecular complexity index is 775. The van der Waals surface area contributed by atoms with Crippen LogP contribution in [0.15, 0.2) is 48.5 Å². The number of carboxylic acids is 1. The first kappa shape index (κ1) is 19.5. The number of benzene rings is 2. The first-order valence-corrected chi connectivity index (χ1v) is 8.52. The Kier molecular flexibility index (Phi) is 6.03. The lowest BCUT2D eigenvalue weighted by molar-refractivity contribution is -0.139. The van der Waals surface area contributed by atoms with Gasteiger partial charge in [-0.3, -0.25) is 0 Å². The third-order valence-corrected chi connectivity index (χ3v) is 3.74. The molecular formula is C21H25NO4. The van der Waals surface area contributed by atoms with Crippen LogP contribution in [0.3, 0.4) is 0 Å². The van der Waals surface area contributed by atoms with Crippen molar-refractivity contribution in [2.45, 2.75) is 45.8 Å². The van der Waals surface area contributed by atoms with Gasteiger partial charge in [0.25, 0.3) is 0 Å². The number of hydrogen-bond donors (Lipinski definition) is 2. The quantitative estimate of drug-likeness (QED) is 0.843. The van der Waals surface area contributed by atoms with Gasteiger partial charge in [0.15, 0.2) is 0 Å². The predicted molar refractivity (Wildman–Crippen MR) is 101 cm³/mol. The SMILES string of the molecule is Cc1ccc(-c2cccc(CC(NC(=O)OC(C)(C)C)C(=O)O)c2)cc1. The van der Waals surface area contributed by atoms with Crippen molar-refractivity contribution in [2.75, 3.05) is 0 Å².